The number of aliphatic carboxylic acids is 2. The Kier molecular flexibility index (Phi) is 7.65. The third kappa shape index (κ3) is 5.47. The quantitative estimate of drug-likeness (QED) is 0.629. The molecule has 1 saturated heterocycles. The summed E-state index contributed by atoms with van der Waals surface area (Å²) in [5.74, 6) is -1.53. The number of anilines is 1. The van der Waals surface area contributed by atoms with Crippen LogP contribution >= 0.6 is 0 Å². The van der Waals surface area contributed by atoms with Crippen molar-refractivity contribution in [2.75, 3.05) is 18.0 Å². The van der Waals surface area contributed by atoms with Crippen molar-refractivity contribution < 1.29 is 29.0 Å². The van der Waals surface area contributed by atoms with Gasteiger partial charge in [0.25, 0.3) is 0 Å². The summed E-state index contributed by atoms with van der Waals surface area (Å²) >= 11 is 0. The SMILES string of the molecule is CC1CCC(C(C)C)C(N(C(=O)N2CCC(CC(=O)O)(C(=O)O)CC2)c2ccc(F)cc2)C1. The van der Waals surface area contributed by atoms with E-state index in [1.807, 2.05) is 0 Å². The number of carboxylic acid groups (broad SMARTS) is 2. The first kappa shape index (κ1) is 25.0. The number of hydrogen-bond donors (Lipinski definition) is 2. The second-order valence-electron chi connectivity index (χ2n) is 10.2. The number of piperidine rings is 1. The van der Waals surface area contributed by atoms with Crippen LogP contribution in [0, 0.1) is 29.0 Å². The molecule has 0 spiro atoms. The molecule has 3 unspecified atom stereocenters. The molecule has 3 atom stereocenters. The monoisotopic (exact) mass is 462 g/mol. The van der Waals surface area contributed by atoms with Crippen LogP contribution in [0.4, 0.5) is 14.9 Å². The molecule has 7 nitrogen and oxygen atoms in total. The molecule has 2 aliphatic rings. The van der Waals surface area contributed by atoms with E-state index in [1.165, 1.54) is 12.1 Å². The van der Waals surface area contributed by atoms with Gasteiger partial charge >= 0.3 is 18.0 Å². The minimum Gasteiger partial charge on any atom is -0.481 e. The van der Waals surface area contributed by atoms with Crippen LogP contribution in [0.15, 0.2) is 24.3 Å². The van der Waals surface area contributed by atoms with Gasteiger partial charge in [-0.3, -0.25) is 14.5 Å². The van der Waals surface area contributed by atoms with E-state index in [9.17, 15) is 29.0 Å². The van der Waals surface area contributed by atoms with Crippen LogP contribution in [-0.2, 0) is 9.59 Å². The molecule has 3 rings (SSSR count). The van der Waals surface area contributed by atoms with Crippen LogP contribution in [0.1, 0.15) is 59.3 Å². The lowest BCUT2D eigenvalue weighted by atomic mass is 9.73. The Morgan fingerprint density at radius 1 is 1.12 bits per heavy atom. The molecule has 2 N–H and O–H groups in total. The lowest BCUT2D eigenvalue weighted by molar-refractivity contribution is -0.158. The zero-order valence-electron chi connectivity index (χ0n) is 19.7. The summed E-state index contributed by atoms with van der Waals surface area (Å²) in [4.78, 5) is 40.4. The number of carboxylic acids is 2. The van der Waals surface area contributed by atoms with Gasteiger partial charge in [-0.15, -0.1) is 0 Å². The second-order valence-corrected chi connectivity index (χ2v) is 10.2. The number of carbonyl (C=O) groups excluding carboxylic acids is 1. The van der Waals surface area contributed by atoms with Gasteiger partial charge in [-0.05, 0) is 67.7 Å². The maximum Gasteiger partial charge on any atom is 0.324 e. The number of amides is 2. The molecular weight excluding hydrogens is 427 g/mol. The predicted molar refractivity (Wildman–Crippen MR) is 123 cm³/mol. The van der Waals surface area contributed by atoms with Crippen molar-refractivity contribution in [3.05, 3.63) is 30.1 Å². The number of halogens is 1. The van der Waals surface area contributed by atoms with Crippen LogP contribution in [0.2, 0.25) is 0 Å². The van der Waals surface area contributed by atoms with E-state index in [0.29, 0.717) is 23.4 Å². The largest absolute Gasteiger partial charge is 0.481 e. The van der Waals surface area contributed by atoms with Gasteiger partial charge in [0.05, 0.1) is 11.8 Å². The highest BCUT2D eigenvalue weighted by Crippen LogP contribution is 2.40. The Morgan fingerprint density at radius 3 is 2.24 bits per heavy atom. The molecule has 1 saturated carbocycles. The number of likely N-dealkylation sites (tertiary alicyclic amines) is 1. The van der Waals surface area contributed by atoms with Crippen molar-refractivity contribution >= 4 is 23.7 Å². The first-order valence-electron chi connectivity index (χ1n) is 11.8. The summed E-state index contributed by atoms with van der Waals surface area (Å²) in [6, 6.07) is 5.69. The molecule has 1 heterocycles. The second kappa shape index (κ2) is 10.1. The Balaban J connectivity index is 1.90. The number of benzene rings is 1. The maximum atomic E-state index is 13.9. The van der Waals surface area contributed by atoms with E-state index in [-0.39, 0.29) is 43.8 Å². The Labute approximate surface area is 194 Å². The normalized spacial score (nSPS) is 25.0. The molecule has 0 bridgehead atoms. The molecule has 1 aromatic rings. The Morgan fingerprint density at radius 2 is 1.73 bits per heavy atom. The molecule has 2 fully saturated rings. The van der Waals surface area contributed by atoms with Crippen molar-refractivity contribution in [3.8, 4) is 0 Å². The molecule has 0 aromatic heterocycles. The molecule has 2 amide bonds. The lowest BCUT2D eigenvalue weighted by Crippen LogP contribution is -2.56. The molecule has 1 aliphatic carbocycles. The summed E-state index contributed by atoms with van der Waals surface area (Å²) < 4.78 is 13.7. The molecule has 1 aliphatic heterocycles. The highest BCUT2D eigenvalue weighted by atomic mass is 19.1. The van der Waals surface area contributed by atoms with Crippen molar-refractivity contribution in [3.63, 3.8) is 0 Å². The molecular formula is C25H35FN2O5. The number of urea groups is 1. The minimum atomic E-state index is -1.36. The van der Waals surface area contributed by atoms with E-state index >= 15 is 0 Å². The fraction of sp³-hybridized carbons (Fsp3) is 0.640. The molecule has 1 aromatic carbocycles. The average molecular weight is 463 g/mol. The van der Waals surface area contributed by atoms with E-state index < -0.39 is 23.8 Å². The molecule has 33 heavy (non-hydrogen) atoms. The zero-order valence-corrected chi connectivity index (χ0v) is 19.7. The van der Waals surface area contributed by atoms with Crippen molar-refractivity contribution in [1.29, 1.82) is 0 Å². The first-order chi connectivity index (χ1) is 15.5. The van der Waals surface area contributed by atoms with Crippen LogP contribution < -0.4 is 4.90 Å². The van der Waals surface area contributed by atoms with Gasteiger partial charge in [0, 0.05) is 24.8 Å². The fourth-order valence-electron chi connectivity index (χ4n) is 5.53. The summed E-state index contributed by atoms with van der Waals surface area (Å²) in [5, 5.41) is 18.9. The predicted octanol–water partition coefficient (Wildman–Crippen LogP) is 4.85. The van der Waals surface area contributed by atoms with Crippen LogP contribution in [0.25, 0.3) is 0 Å². The number of nitrogens with zero attached hydrogens (tertiary/aromatic N) is 2. The fourth-order valence-corrected chi connectivity index (χ4v) is 5.53. The van der Waals surface area contributed by atoms with Crippen molar-refractivity contribution in [2.24, 2.45) is 23.2 Å². The van der Waals surface area contributed by atoms with Crippen LogP contribution in [0.3, 0.4) is 0 Å². The van der Waals surface area contributed by atoms with Gasteiger partial charge in [0.15, 0.2) is 0 Å². The third-order valence-electron chi connectivity index (χ3n) is 7.56. The number of hydrogen-bond acceptors (Lipinski definition) is 3. The van der Waals surface area contributed by atoms with Gasteiger partial charge in [0.1, 0.15) is 5.82 Å². The maximum absolute atomic E-state index is 13.9. The summed E-state index contributed by atoms with van der Waals surface area (Å²) in [7, 11) is 0. The van der Waals surface area contributed by atoms with Gasteiger partial charge in [-0.2, -0.15) is 0 Å². The van der Waals surface area contributed by atoms with Gasteiger partial charge in [-0.25, -0.2) is 9.18 Å². The highest BCUT2D eigenvalue weighted by molar-refractivity contribution is 5.93. The van der Waals surface area contributed by atoms with Gasteiger partial charge in [-0.1, -0.05) is 27.2 Å². The lowest BCUT2D eigenvalue weighted by Gasteiger charge is -2.46. The van der Waals surface area contributed by atoms with E-state index in [1.54, 1.807) is 21.9 Å². The van der Waals surface area contributed by atoms with Crippen LogP contribution in [-0.4, -0.2) is 52.2 Å². The zero-order chi connectivity index (χ0) is 24.3. The Hall–Kier alpha value is -2.64. The molecule has 8 heteroatoms. The van der Waals surface area contributed by atoms with E-state index in [4.69, 9.17) is 0 Å². The third-order valence-corrected chi connectivity index (χ3v) is 7.56. The van der Waals surface area contributed by atoms with E-state index in [2.05, 4.69) is 20.8 Å². The van der Waals surface area contributed by atoms with E-state index in [0.717, 1.165) is 19.3 Å². The van der Waals surface area contributed by atoms with Crippen molar-refractivity contribution in [2.45, 2.75) is 65.3 Å². The smallest absolute Gasteiger partial charge is 0.324 e. The average Bonchev–Trinajstić information content (AvgIpc) is 2.75. The summed E-state index contributed by atoms with van der Waals surface area (Å²) in [5.41, 5.74) is -0.727. The molecule has 0 radical (unpaired) electrons. The highest BCUT2D eigenvalue weighted by Gasteiger charge is 2.46. The van der Waals surface area contributed by atoms with Crippen LogP contribution in [0.5, 0.6) is 0 Å². The summed E-state index contributed by atoms with van der Waals surface area (Å²) in [6.07, 6.45) is 2.68. The van der Waals surface area contributed by atoms with Crippen molar-refractivity contribution in [1.82, 2.24) is 4.90 Å². The number of rotatable bonds is 6. The Bertz CT molecular complexity index is 864. The van der Waals surface area contributed by atoms with Gasteiger partial charge in [0.2, 0.25) is 0 Å². The summed E-state index contributed by atoms with van der Waals surface area (Å²) in [6.45, 7) is 6.85. The van der Waals surface area contributed by atoms with Gasteiger partial charge < -0.3 is 15.1 Å². The minimum absolute atomic E-state index is 0.0445. The first-order valence-corrected chi connectivity index (χ1v) is 11.8. The molecule has 182 valence electrons. The standard InChI is InChI=1S/C25H35FN2O5/c1-16(2)20-9-4-17(3)14-21(20)28(19-7-5-18(26)6-8-19)24(33)27-12-10-25(11-13-27,23(31)32)15-22(29)30/h5-8,16-17,20-21H,4,9-15H2,1-3H3,(H,29,30)(H,31,32). The number of carbonyl (C=O) groups is 3. The topological polar surface area (TPSA) is 98.2 Å².